The highest BCUT2D eigenvalue weighted by Gasteiger charge is 2.33. The Morgan fingerprint density at radius 3 is 2.86 bits per heavy atom. The Morgan fingerprint density at radius 1 is 1.45 bits per heavy atom. The summed E-state index contributed by atoms with van der Waals surface area (Å²) >= 11 is 1.67. The second kappa shape index (κ2) is 7.79. The summed E-state index contributed by atoms with van der Waals surface area (Å²) in [6, 6.07) is 4.36. The zero-order chi connectivity index (χ0) is 14.2. The fourth-order valence-electron chi connectivity index (χ4n) is 2.73. The lowest BCUT2D eigenvalue weighted by Gasteiger charge is -2.42. The molecule has 0 aliphatic carbocycles. The first-order valence-corrected chi connectivity index (χ1v) is 7.89. The van der Waals surface area contributed by atoms with Gasteiger partial charge in [0.15, 0.2) is 5.76 Å². The van der Waals surface area contributed by atoms with Gasteiger partial charge in [-0.05, 0) is 23.3 Å². The Balaban J connectivity index is 0.00000121. The lowest BCUT2D eigenvalue weighted by Crippen LogP contribution is -2.52. The number of thiophene rings is 1. The van der Waals surface area contributed by atoms with Gasteiger partial charge in [-0.3, -0.25) is 4.90 Å². The summed E-state index contributed by atoms with van der Waals surface area (Å²) in [7, 11) is 0. The monoisotopic (exact) mass is 363 g/mol. The van der Waals surface area contributed by atoms with E-state index >= 15 is 0 Å². The Hall–Kier alpha value is -0.590. The molecule has 3 rings (SSSR count). The molecule has 2 N–H and O–H groups in total. The van der Waals surface area contributed by atoms with Crippen molar-refractivity contribution in [3.05, 3.63) is 29.6 Å². The van der Waals surface area contributed by atoms with Crippen molar-refractivity contribution in [2.24, 2.45) is 11.1 Å². The van der Waals surface area contributed by atoms with Crippen molar-refractivity contribution in [3.63, 3.8) is 0 Å². The van der Waals surface area contributed by atoms with Gasteiger partial charge >= 0.3 is 0 Å². The number of hydrogen-bond acceptors (Lipinski definition) is 5. The van der Waals surface area contributed by atoms with Gasteiger partial charge in [0.25, 0.3) is 0 Å². The molecule has 1 atom stereocenters. The van der Waals surface area contributed by atoms with Crippen LogP contribution in [0.25, 0.3) is 10.6 Å². The molecule has 1 aliphatic rings. The largest absolute Gasteiger partial charge is 0.438 e. The van der Waals surface area contributed by atoms with E-state index in [0.29, 0.717) is 0 Å². The van der Waals surface area contributed by atoms with Crippen molar-refractivity contribution in [3.8, 4) is 10.6 Å². The smallest absolute Gasteiger partial charge is 0.209 e. The van der Waals surface area contributed by atoms with Crippen LogP contribution in [0.2, 0.25) is 0 Å². The molecular formula is C15H23Cl2N3OS. The van der Waals surface area contributed by atoms with Crippen molar-refractivity contribution < 1.29 is 4.42 Å². The van der Waals surface area contributed by atoms with E-state index in [1.807, 2.05) is 17.6 Å². The highest BCUT2D eigenvalue weighted by Crippen LogP contribution is 2.29. The van der Waals surface area contributed by atoms with E-state index in [1.54, 1.807) is 11.3 Å². The standard InChI is InChI=1S/C15H21N3OS.2ClH/c1-15(2)10-18(6-5-13(15)16)9-14-17-8-11(19-14)12-4-3-7-20-12;;/h3-4,7-8,13H,5-6,9-10,16H2,1-2H3;2*1H. The van der Waals surface area contributed by atoms with Gasteiger partial charge in [0.2, 0.25) is 5.89 Å². The molecule has 1 saturated heterocycles. The molecule has 3 heterocycles. The quantitative estimate of drug-likeness (QED) is 0.900. The number of piperidine rings is 1. The Bertz CT molecular complexity index is 571. The SMILES string of the molecule is CC1(C)CN(Cc2ncc(-c3cccs3)o2)CCC1N.Cl.Cl. The fraction of sp³-hybridized carbons (Fsp3) is 0.533. The second-order valence-electron chi connectivity index (χ2n) is 6.19. The molecule has 2 aromatic rings. The summed E-state index contributed by atoms with van der Waals surface area (Å²) in [5.74, 6) is 1.66. The van der Waals surface area contributed by atoms with Crippen molar-refractivity contribution in [1.82, 2.24) is 9.88 Å². The Morgan fingerprint density at radius 2 is 2.23 bits per heavy atom. The maximum atomic E-state index is 6.17. The number of oxazole rings is 1. The zero-order valence-corrected chi connectivity index (χ0v) is 15.3. The molecule has 1 unspecified atom stereocenters. The molecule has 124 valence electrons. The van der Waals surface area contributed by atoms with Crippen molar-refractivity contribution in [1.29, 1.82) is 0 Å². The third-order valence-electron chi connectivity index (χ3n) is 4.07. The first-order chi connectivity index (χ1) is 9.54. The number of nitrogens with two attached hydrogens (primary N) is 1. The van der Waals surface area contributed by atoms with Crippen LogP contribution in [0.5, 0.6) is 0 Å². The van der Waals surface area contributed by atoms with Crippen LogP contribution in [0.15, 0.2) is 28.1 Å². The topological polar surface area (TPSA) is 55.3 Å². The van der Waals surface area contributed by atoms with Crippen LogP contribution in [-0.4, -0.2) is 29.0 Å². The van der Waals surface area contributed by atoms with Crippen LogP contribution in [0.1, 0.15) is 26.2 Å². The molecule has 7 heteroatoms. The van der Waals surface area contributed by atoms with Crippen LogP contribution in [0.4, 0.5) is 0 Å². The third kappa shape index (κ3) is 4.24. The van der Waals surface area contributed by atoms with Crippen LogP contribution < -0.4 is 5.73 Å². The van der Waals surface area contributed by atoms with Gasteiger partial charge < -0.3 is 10.2 Å². The van der Waals surface area contributed by atoms with Gasteiger partial charge in [-0.1, -0.05) is 19.9 Å². The molecule has 4 nitrogen and oxygen atoms in total. The molecule has 2 aromatic heterocycles. The zero-order valence-electron chi connectivity index (χ0n) is 12.8. The summed E-state index contributed by atoms with van der Waals surface area (Å²) in [6.45, 7) is 7.24. The molecular weight excluding hydrogens is 341 g/mol. The van der Waals surface area contributed by atoms with Crippen molar-refractivity contribution in [2.45, 2.75) is 32.9 Å². The van der Waals surface area contributed by atoms with E-state index in [2.05, 4.69) is 29.8 Å². The summed E-state index contributed by atoms with van der Waals surface area (Å²) in [4.78, 5) is 7.91. The third-order valence-corrected chi connectivity index (χ3v) is 4.95. The molecule has 0 aromatic carbocycles. The van der Waals surface area contributed by atoms with E-state index < -0.39 is 0 Å². The minimum atomic E-state index is 0. The lowest BCUT2D eigenvalue weighted by atomic mass is 9.80. The molecule has 0 spiro atoms. The molecule has 1 fully saturated rings. The molecule has 0 radical (unpaired) electrons. The van der Waals surface area contributed by atoms with E-state index in [9.17, 15) is 0 Å². The van der Waals surface area contributed by atoms with E-state index in [0.717, 1.165) is 42.6 Å². The summed E-state index contributed by atoms with van der Waals surface area (Å²) in [5.41, 5.74) is 6.33. The van der Waals surface area contributed by atoms with Crippen molar-refractivity contribution in [2.75, 3.05) is 13.1 Å². The van der Waals surface area contributed by atoms with Crippen LogP contribution >= 0.6 is 36.2 Å². The minimum Gasteiger partial charge on any atom is -0.438 e. The average molecular weight is 364 g/mol. The number of likely N-dealkylation sites (tertiary alicyclic amines) is 1. The molecule has 0 saturated carbocycles. The predicted molar refractivity (Wildman–Crippen MR) is 96.0 cm³/mol. The summed E-state index contributed by atoms with van der Waals surface area (Å²) in [5, 5.41) is 2.05. The summed E-state index contributed by atoms with van der Waals surface area (Å²) < 4.78 is 5.85. The highest BCUT2D eigenvalue weighted by molar-refractivity contribution is 7.13. The Labute approximate surface area is 147 Å². The van der Waals surface area contributed by atoms with E-state index in [4.69, 9.17) is 10.2 Å². The van der Waals surface area contributed by atoms with Gasteiger partial charge in [-0.15, -0.1) is 36.2 Å². The number of halogens is 2. The number of aromatic nitrogens is 1. The molecule has 22 heavy (non-hydrogen) atoms. The first-order valence-electron chi connectivity index (χ1n) is 7.01. The number of rotatable bonds is 3. The maximum Gasteiger partial charge on any atom is 0.209 e. The maximum absolute atomic E-state index is 6.17. The van der Waals surface area contributed by atoms with Crippen LogP contribution in [0.3, 0.4) is 0 Å². The molecule has 1 aliphatic heterocycles. The predicted octanol–water partition coefficient (Wildman–Crippen LogP) is 3.81. The van der Waals surface area contributed by atoms with Crippen molar-refractivity contribution >= 4 is 36.2 Å². The van der Waals surface area contributed by atoms with Gasteiger partial charge in [-0.25, -0.2) is 4.98 Å². The Kier molecular flexibility index (Phi) is 6.89. The molecule has 0 bridgehead atoms. The lowest BCUT2D eigenvalue weighted by molar-refractivity contribution is 0.0832. The van der Waals surface area contributed by atoms with E-state index in [1.165, 1.54) is 0 Å². The van der Waals surface area contributed by atoms with Crippen LogP contribution in [0, 0.1) is 5.41 Å². The van der Waals surface area contributed by atoms with Gasteiger partial charge in [0, 0.05) is 19.1 Å². The van der Waals surface area contributed by atoms with Gasteiger partial charge in [-0.2, -0.15) is 0 Å². The van der Waals surface area contributed by atoms with Gasteiger partial charge in [0.1, 0.15) is 0 Å². The second-order valence-corrected chi connectivity index (χ2v) is 7.14. The number of nitrogens with zero attached hydrogens (tertiary/aromatic N) is 2. The van der Waals surface area contributed by atoms with E-state index in [-0.39, 0.29) is 36.3 Å². The van der Waals surface area contributed by atoms with Crippen LogP contribution in [-0.2, 0) is 6.54 Å². The summed E-state index contributed by atoms with van der Waals surface area (Å²) in [6.07, 6.45) is 2.85. The first kappa shape index (κ1) is 19.5. The number of hydrogen-bond donors (Lipinski definition) is 1. The fourth-order valence-corrected chi connectivity index (χ4v) is 3.40. The average Bonchev–Trinajstić information content (AvgIpc) is 3.03. The highest BCUT2D eigenvalue weighted by atomic mass is 35.5. The minimum absolute atomic E-state index is 0. The van der Waals surface area contributed by atoms with Gasteiger partial charge in [0.05, 0.1) is 17.6 Å². The molecule has 0 amide bonds. The normalized spacial score (nSPS) is 21.0.